The normalized spacial score (nSPS) is 11.6. The Morgan fingerprint density at radius 3 is 1.77 bits per heavy atom. The molecule has 0 aromatic heterocycles. The predicted molar refractivity (Wildman–Crippen MR) is 53.4 cm³/mol. The van der Waals surface area contributed by atoms with Gasteiger partial charge in [-0.25, -0.2) is 0 Å². The molecule has 0 bridgehead atoms. The Morgan fingerprint density at radius 1 is 1.08 bits per heavy atom. The minimum absolute atomic E-state index is 0.336. The Balaban J connectivity index is 3.29. The van der Waals surface area contributed by atoms with E-state index in [1.165, 1.54) is 12.1 Å². The van der Waals surface area contributed by atoms with Crippen LogP contribution < -0.4 is 0 Å². The molecule has 4 heteroatoms. The highest BCUT2D eigenvalue weighted by Gasteiger charge is 2.18. The first kappa shape index (κ1) is 10.1. The van der Waals surface area contributed by atoms with E-state index in [9.17, 15) is 10.2 Å². The molecular formula is C9H12O3S. The maximum absolute atomic E-state index is 9.20. The van der Waals surface area contributed by atoms with Crippen LogP contribution in [0.1, 0.15) is 19.4 Å². The van der Waals surface area contributed by atoms with E-state index < -0.39 is 10.5 Å². The van der Waals surface area contributed by atoms with E-state index in [0.717, 1.165) is 0 Å². The third kappa shape index (κ3) is 2.01. The molecule has 0 atom stereocenters. The zero-order valence-corrected chi connectivity index (χ0v) is 8.34. The van der Waals surface area contributed by atoms with Crippen LogP contribution in [0.5, 0.6) is 17.2 Å². The van der Waals surface area contributed by atoms with Crippen LogP contribution in [-0.2, 0) is 4.75 Å². The molecule has 0 unspecified atom stereocenters. The van der Waals surface area contributed by atoms with Crippen molar-refractivity contribution in [2.24, 2.45) is 0 Å². The van der Waals surface area contributed by atoms with Crippen molar-refractivity contribution in [1.82, 2.24) is 0 Å². The highest BCUT2D eigenvalue weighted by molar-refractivity contribution is 7.81. The van der Waals surface area contributed by atoms with E-state index in [2.05, 4.69) is 12.6 Å². The third-order valence-corrected chi connectivity index (χ3v) is 2.03. The van der Waals surface area contributed by atoms with Crippen LogP contribution in [-0.4, -0.2) is 15.3 Å². The molecule has 0 aliphatic carbocycles. The SMILES string of the molecule is CC(C)(S)c1cc(O)c(O)c(O)c1. The Kier molecular flexibility index (Phi) is 2.34. The van der Waals surface area contributed by atoms with E-state index in [1.54, 1.807) is 0 Å². The Morgan fingerprint density at radius 2 is 1.46 bits per heavy atom. The number of phenolic OH excluding ortho intramolecular Hbond substituents is 3. The Bertz CT molecular complexity index is 305. The quantitative estimate of drug-likeness (QED) is 0.414. The van der Waals surface area contributed by atoms with Gasteiger partial charge in [-0.1, -0.05) is 0 Å². The van der Waals surface area contributed by atoms with Gasteiger partial charge in [0.1, 0.15) is 0 Å². The summed E-state index contributed by atoms with van der Waals surface area (Å²) >= 11 is 4.27. The fraction of sp³-hybridized carbons (Fsp3) is 0.333. The van der Waals surface area contributed by atoms with Crippen LogP contribution in [0.25, 0.3) is 0 Å². The third-order valence-electron chi connectivity index (χ3n) is 1.78. The van der Waals surface area contributed by atoms with Crippen molar-refractivity contribution in [2.45, 2.75) is 18.6 Å². The topological polar surface area (TPSA) is 60.7 Å². The van der Waals surface area contributed by atoms with Crippen LogP contribution in [0, 0.1) is 0 Å². The second kappa shape index (κ2) is 3.03. The van der Waals surface area contributed by atoms with Crippen molar-refractivity contribution in [3.63, 3.8) is 0 Å². The number of aromatic hydroxyl groups is 3. The molecule has 72 valence electrons. The summed E-state index contributed by atoms with van der Waals surface area (Å²) in [5.41, 5.74) is 0.642. The number of phenols is 3. The molecule has 0 heterocycles. The monoisotopic (exact) mass is 200 g/mol. The molecule has 13 heavy (non-hydrogen) atoms. The molecular weight excluding hydrogens is 188 g/mol. The van der Waals surface area contributed by atoms with E-state index in [4.69, 9.17) is 5.11 Å². The van der Waals surface area contributed by atoms with Crippen molar-refractivity contribution < 1.29 is 15.3 Å². The van der Waals surface area contributed by atoms with Gasteiger partial charge in [-0.3, -0.25) is 0 Å². The smallest absolute Gasteiger partial charge is 0.200 e. The summed E-state index contributed by atoms with van der Waals surface area (Å²) in [4.78, 5) is 0. The van der Waals surface area contributed by atoms with Crippen molar-refractivity contribution in [1.29, 1.82) is 0 Å². The van der Waals surface area contributed by atoms with Crippen LogP contribution in [0.2, 0.25) is 0 Å². The second-order valence-corrected chi connectivity index (χ2v) is 4.54. The first-order valence-electron chi connectivity index (χ1n) is 3.80. The maximum atomic E-state index is 9.20. The first-order chi connectivity index (χ1) is 5.82. The molecule has 1 aromatic carbocycles. The molecule has 0 fully saturated rings. The van der Waals surface area contributed by atoms with Gasteiger partial charge in [0.2, 0.25) is 0 Å². The van der Waals surface area contributed by atoms with Crippen molar-refractivity contribution in [3.05, 3.63) is 17.7 Å². The van der Waals surface area contributed by atoms with Gasteiger partial charge in [0.05, 0.1) is 0 Å². The highest BCUT2D eigenvalue weighted by atomic mass is 32.1. The zero-order valence-electron chi connectivity index (χ0n) is 7.44. The Hall–Kier alpha value is -1.03. The van der Waals surface area contributed by atoms with Gasteiger partial charge in [0.15, 0.2) is 17.2 Å². The molecule has 3 N–H and O–H groups in total. The lowest BCUT2D eigenvalue weighted by atomic mass is 10.0. The van der Waals surface area contributed by atoms with Crippen molar-refractivity contribution >= 4 is 12.6 Å². The lowest BCUT2D eigenvalue weighted by molar-refractivity contribution is 0.366. The molecule has 0 aliphatic heterocycles. The fourth-order valence-corrected chi connectivity index (χ4v) is 1.09. The van der Waals surface area contributed by atoms with E-state index in [1.807, 2.05) is 13.8 Å². The minimum atomic E-state index is -0.499. The molecule has 1 rings (SSSR count). The lowest BCUT2D eigenvalue weighted by Gasteiger charge is -2.18. The number of benzene rings is 1. The molecule has 0 saturated carbocycles. The molecule has 0 saturated heterocycles. The first-order valence-corrected chi connectivity index (χ1v) is 4.25. The molecule has 0 aliphatic rings. The van der Waals surface area contributed by atoms with E-state index >= 15 is 0 Å². The molecule has 0 amide bonds. The van der Waals surface area contributed by atoms with Gasteiger partial charge in [-0.15, -0.1) is 0 Å². The standard InChI is InChI=1S/C9H12O3S/c1-9(2,13)5-3-6(10)8(12)7(11)4-5/h3-4,10-13H,1-2H3. The van der Waals surface area contributed by atoms with Crippen LogP contribution >= 0.6 is 12.6 Å². The van der Waals surface area contributed by atoms with E-state index in [-0.39, 0.29) is 11.5 Å². The fourth-order valence-electron chi connectivity index (χ4n) is 0.957. The predicted octanol–water partition coefficient (Wildman–Crippen LogP) is 1.97. The van der Waals surface area contributed by atoms with Gasteiger partial charge in [-0.05, 0) is 31.5 Å². The minimum Gasteiger partial charge on any atom is -0.504 e. The zero-order chi connectivity index (χ0) is 10.2. The summed E-state index contributed by atoms with van der Waals surface area (Å²) in [5, 5.41) is 27.5. The summed E-state index contributed by atoms with van der Waals surface area (Å²) in [5.74, 6) is -1.17. The average Bonchev–Trinajstić information content (AvgIpc) is 1.97. The van der Waals surface area contributed by atoms with Crippen LogP contribution in [0.15, 0.2) is 12.1 Å². The molecule has 1 aromatic rings. The highest BCUT2D eigenvalue weighted by Crippen LogP contribution is 2.40. The van der Waals surface area contributed by atoms with Crippen LogP contribution in [0.4, 0.5) is 0 Å². The van der Waals surface area contributed by atoms with Gasteiger partial charge < -0.3 is 15.3 Å². The maximum Gasteiger partial charge on any atom is 0.200 e. The summed E-state index contributed by atoms with van der Waals surface area (Å²) in [6.45, 7) is 3.64. The number of hydrogen-bond acceptors (Lipinski definition) is 4. The van der Waals surface area contributed by atoms with Gasteiger partial charge >= 0.3 is 0 Å². The van der Waals surface area contributed by atoms with Crippen LogP contribution in [0.3, 0.4) is 0 Å². The second-order valence-electron chi connectivity index (χ2n) is 3.42. The van der Waals surface area contributed by atoms with Gasteiger partial charge in [-0.2, -0.15) is 12.6 Å². The molecule has 0 spiro atoms. The Labute approximate surface area is 82.1 Å². The number of thiol groups is 1. The summed E-state index contributed by atoms with van der Waals surface area (Å²) < 4.78 is -0.470. The average molecular weight is 200 g/mol. The largest absolute Gasteiger partial charge is 0.504 e. The number of hydrogen-bond donors (Lipinski definition) is 4. The molecule has 0 radical (unpaired) electrons. The van der Waals surface area contributed by atoms with Crippen molar-refractivity contribution in [2.75, 3.05) is 0 Å². The van der Waals surface area contributed by atoms with Gasteiger partial charge in [0.25, 0.3) is 0 Å². The van der Waals surface area contributed by atoms with Gasteiger partial charge in [0, 0.05) is 4.75 Å². The summed E-state index contributed by atoms with van der Waals surface area (Å²) in [7, 11) is 0. The summed E-state index contributed by atoms with van der Waals surface area (Å²) in [6.07, 6.45) is 0. The summed E-state index contributed by atoms with van der Waals surface area (Å²) in [6, 6.07) is 2.75. The van der Waals surface area contributed by atoms with Crippen molar-refractivity contribution in [3.8, 4) is 17.2 Å². The number of rotatable bonds is 1. The lowest BCUT2D eigenvalue weighted by Crippen LogP contribution is -2.06. The molecule has 3 nitrogen and oxygen atoms in total. The van der Waals surface area contributed by atoms with E-state index in [0.29, 0.717) is 5.56 Å².